The molecule has 0 heterocycles. The average Bonchev–Trinajstić information content (AvgIpc) is 2.96. The van der Waals surface area contributed by atoms with Crippen molar-refractivity contribution < 1.29 is 31.2 Å². The summed E-state index contributed by atoms with van der Waals surface area (Å²) >= 11 is 18.4. The SMILES string of the molecule is CC[C@H](C)NC(=O)[C@@H](C)N(Cc1ccc(Cl)c(Cl)c1)C(=O)CN(c1cc(C(F)(F)F)ccc1Cl)S(=O)(=O)c1ccccc1. The highest BCUT2D eigenvalue weighted by atomic mass is 35.5. The van der Waals surface area contributed by atoms with Gasteiger partial charge in [0.05, 0.1) is 31.2 Å². The molecule has 14 heteroatoms. The van der Waals surface area contributed by atoms with E-state index in [0.717, 1.165) is 11.0 Å². The Kier molecular flexibility index (Phi) is 11.4. The second-order valence-corrected chi connectivity index (χ2v) is 12.8. The van der Waals surface area contributed by atoms with Gasteiger partial charge >= 0.3 is 6.18 Å². The maximum Gasteiger partial charge on any atom is 0.416 e. The Bertz CT molecular complexity index is 1570. The summed E-state index contributed by atoms with van der Waals surface area (Å²) in [5.74, 6) is -1.40. The molecule has 1 N–H and O–H groups in total. The van der Waals surface area contributed by atoms with Gasteiger partial charge in [0.15, 0.2) is 0 Å². The summed E-state index contributed by atoms with van der Waals surface area (Å²) in [6.45, 7) is 3.93. The van der Waals surface area contributed by atoms with Crippen LogP contribution in [0.5, 0.6) is 0 Å². The van der Waals surface area contributed by atoms with Crippen LogP contribution in [0.4, 0.5) is 18.9 Å². The van der Waals surface area contributed by atoms with E-state index in [1.807, 2.05) is 6.92 Å². The Morgan fingerprint density at radius 1 is 0.907 bits per heavy atom. The van der Waals surface area contributed by atoms with Crippen LogP contribution in [0.3, 0.4) is 0 Å². The Hall–Kier alpha value is -2.99. The normalized spacial score (nSPS) is 13.2. The Labute approximate surface area is 263 Å². The molecule has 7 nitrogen and oxygen atoms in total. The van der Waals surface area contributed by atoms with Crippen molar-refractivity contribution in [3.63, 3.8) is 0 Å². The summed E-state index contributed by atoms with van der Waals surface area (Å²) in [6.07, 6.45) is -4.22. The van der Waals surface area contributed by atoms with Crippen LogP contribution in [0.2, 0.25) is 15.1 Å². The van der Waals surface area contributed by atoms with E-state index in [1.54, 1.807) is 19.1 Å². The van der Waals surface area contributed by atoms with Crippen LogP contribution in [-0.2, 0) is 32.3 Å². The molecule has 0 fully saturated rings. The maximum atomic E-state index is 14.0. The number of hydrogen-bond acceptors (Lipinski definition) is 4. The lowest BCUT2D eigenvalue weighted by Crippen LogP contribution is -2.52. The number of carbonyl (C=O) groups is 2. The number of sulfonamides is 1. The molecule has 0 spiro atoms. The van der Waals surface area contributed by atoms with Crippen molar-refractivity contribution in [2.45, 2.75) is 56.9 Å². The number of anilines is 1. The molecule has 0 aliphatic carbocycles. The average molecular weight is 679 g/mol. The van der Waals surface area contributed by atoms with Gasteiger partial charge in [-0.2, -0.15) is 13.2 Å². The van der Waals surface area contributed by atoms with Gasteiger partial charge in [-0.25, -0.2) is 8.42 Å². The van der Waals surface area contributed by atoms with E-state index in [4.69, 9.17) is 34.8 Å². The maximum absolute atomic E-state index is 14.0. The van der Waals surface area contributed by atoms with Crippen molar-refractivity contribution in [2.75, 3.05) is 10.8 Å². The van der Waals surface area contributed by atoms with Crippen molar-refractivity contribution in [3.8, 4) is 0 Å². The zero-order valence-corrected chi connectivity index (χ0v) is 26.4. The van der Waals surface area contributed by atoms with Crippen LogP contribution in [0, 0.1) is 0 Å². The van der Waals surface area contributed by atoms with Crippen LogP contribution in [0.1, 0.15) is 38.3 Å². The van der Waals surface area contributed by atoms with Gasteiger partial charge in [-0.15, -0.1) is 0 Å². The minimum atomic E-state index is -4.83. The molecule has 232 valence electrons. The first-order valence-corrected chi connectivity index (χ1v) is 15.6. The molecule has 0 aromatic heterocycles. The fourth-order valence-electron chi connectivity index (χ4n) is 4.00. The van der Waals surface area contributed by atoms with Crippen molar-refractivity contribution in [3.05, 3.63) is 92.9 Å². The Morgan fingerprint density at radius 3 is 2.12 bits per heavy atom. The van der Waals surface area contributed by atoms with Gasteiger partial charge in [-0.3, -0.25) is 13.9 Å². The summed E-state index contributed by atoms with van der Waals surface area (Å²) in [5, 5.41) is 2.90. The first-order valence-electron chi connectivity index (χ1n) is 13.0. The van der Waals surface area contributed by atoms with Crippen molar-refractivity contribution in [1.82, 2.24) is 10.2 Å². The minimum Gasteiger partial charge on any atom is -0.352 e. The molecule has 2 atom stereocenters. The summed E-state index contributed by atoms with van der Waals surface area (Å²) in [7, 11) is -4.63. The number of alkyl halides is 3. The Morgan fingerprint density at radius 2 is 1.53 bits per heavy atom. The number of rotatable bonds is 11. The number of nitrogens with one attached hydrogen (secondary N) is 1. The third kappa shape index (κ3) is 8.56. The second kappa shape index (κ2) is 14.2. The number of amides is 2. The number of nitrogens with zero attached hydrogens (tertiary/aromatic N) is 2. The first kappa shape index (κ1) is 34.5. The highest BCUT2D eigenvalue weighted by molar-refractivity contribution is 7.92. The number of carbonyl (C=O) groups excluding carboxylic acids is 2. The molecule has 0 unspecified atom stereocenters. The van der Waals surface area contributed by atoms with Gasteiger partial charge in [-0.1, -0.05) is 66.0 Å². The lowest BCUT2D eigenvalue weighted by molar-refractivity contribution is -0.139. The molecule has 0 saturated carbocycles. The fourth-order valence-corrected chi connectivity index (χ4v) is 6.03. The van der Waals surface area contributed by atoms with Crippen molar-refractivity contribution >= 4 is 62.3 Å². The molecule has 2 amide bonds. The third-order valence-corrected chi connectivity index (χ3v) is 9.49. The van der Waals surface area contributed by atoms with E-state index in [-0.39, 0.29) is 32.5 Å². The standard InChI is InChI=1S/C29H29Cl3F3N3O4S/c1-4-18(2)36-28(40)19(3)37(16-20-10-12-23(30)25(32)14-20)27(39)17-38(43(41,42)22-8-6-5-7-9-22)26-15-21(29(33,34)35)11-13-24(26)31/h5-15,18-19H,4,16-17H2,1-3H3,(H,36,40)/t18-,19+/m0/s1. The summed E-state index contributed by atoms with van der Waals surface area (Å²) < 4.78 is 69.2. The van der Waals surface area contributed by atoms with Gasteiger partial charge in [0.25, 0.3) is 10.0 Å². The van der Waals surface area contributed by atoms with Gasteiger partial charge in [0.2, 0.25) is 11.8 Å². The molecular formula is C29H29Cl3F3N3O4S. The second-order valence-electron chi connectivity index (χ2n) is 9.75. The number of benzene rings is 3. The molecule has 0 radical (unpaired) electrons. The zero-order valence-electron chi connectivity index (χ0n) is 23.3. The topological polar surface area (TPSA) is 86.8 Å². The monoisotopic (exact) mass is 677 g/mol. The predicted octanol–water partition coefficient (Wildman–Crippen LogP) is 7.19. The van der Waals surface area contributed by atoms with E-state index in [9.17, 15) is 31.2 Å². The van der Waals surface area contributed by atoms with Gasteiger partial charge < -0.3 is 10.2 Å². The lowest BCUT2D eigenvalue weighted by atomic mass is 10.1. The van der Waals surface area contributed by atoms with Gasteiger partial charge in [0, 0.05) is 12.6 Å². The number of halogens is 6. The van der Waals surface area contributed by atoms with Crippen LogP contribution < -0.4 is 9.62 Å². The van der Waals surface area contributed by atoms with Crippen LogP contribution in [-0.4, -0.2) is 43.8 Å². The third-order valence-electron chi connectivity index (χ3n) is 6.66. The molecular weight excluding hydrogens is 650 g/mol. The highest BCUT2D eigenvalue weighted by Gasteiger charge is 2.36. The summed E-state index contributed by atoms with van der Waals surface area (Å²) in [5.41, 5.74) is -1.25. The van der Waals surface area contributed by atoms with E-state index in [2.05, 4.69) is 5.32 Å². The van der Waals surface area contributed by atoms with E-state index in [0.29, 0.717) is 28.4 Å². The molecule has 3 rings (SSSR count). The molecule has 3 aromatic carbocycles. The molecule has 3 aromatic rings. The Balaban J connectivity index is 2.13. The lowest BCUT2D eigenvalue weighted by Gasteiger charge is -2.33. The van der Waals surface area contributed by atoms with Crippen LogP contribution in [0.25, 0.3) is 0 Å². The van der Waals surface area contributed by atoms with Crippen molar-refractivity contribution in [2.24, 2.45) is 0 Å². The van der Waals surface area contributed by atoms with Crippen molar-refractivity contribution in [1.29, 1.82) is 0 Å². The first-order chi connectivity index (χ1) is 20.1. The predicted molar refractivity (Wildman–Crippen MR) is 162 cm³/mol. The largest absolute Gasteiger partial charge is 0.416 e. The quantitative estimate of drug-likeness (QED) is 0.233. The van der Waals surface area contributed by atoms with Crippen LogP contribution >= 0.6 is 34.8 Å². The zero-order chi connectivity index (χ0) is 32.1. The van der Waals surface area contributed by atoms with E-state index < -0.39 is 51.9 Å². The molecule has 0 bridgehead atoms. The summed E-state index contributed by atoms with van der Waals surface area (Å²) in [4.78, 5) is 27.9. The minimum absolute atomic E-state index is 0.187. The molecule has 0 saturated heterocycles. The highest BCUT2D eigenvalue weighted by Crippen LogP contribution is 2.37. The number of hydrogen-bond donors (Lipinski definition) is 1. The van der Waals surface area contributed by atoms with E-state index >= 15 is 0 Å². The smallest absolute Gasteiger partial charge is 0.352 e. The van der Waals surface area contributed by atoms with Gasteiger partial charge in [0.1, 0.15) is 12.6 Å². The summed E-state index contributed by atoms with van der Waals surface area (Å²) in [6, 6.07) is 12.3. The molecule has 0 aliphatic rings. The van der Waals surface area contributed by atoms with E-state index in [1.165, 1.54) is 43.3 Å². The fraction of sp³-hybridized carbons (Fsp3) is 0.310. The molecule has 43 heavy (non-hydrogen) atoms. The molecule has 0 aliphatic heterocycles. The van der Waals surface area contributed by atoms with Gasteiger partial charge in [-0.05, 0) is 68.3 Å². The van der Waals surface area contributed by atoms with Crippen LogP contribution in [0.15, 0.2) is 71.6 Å².